The molecule has 2 amide bonds. The first-order valence-electron chi connectivity index (χ1n) is 9.28. The van der Waals surface area contributed by atoms with Crippen molar-refractivity contribution >= 4 is 11.8 Å². The van der Waals surface area contributed by atoms with Gasteiger partial charge in [-0.1, -0.05) is 0 Å². The van der Waals surface area contributed by atoms with Gasteiger partial charge in [-0.15, -0.1) is 0 Å². The Morgan fingerprint density at radius 1 is 1.08 bits per heavy atom. The van der Waals surface area contributed by atoms with Crippen molar-refractivity contribution in [2.24, 2.45) is 13.0 Å². The van der Waals surface area contributed by atoms with Crippen molar-refractivity contribution in [2.75, 3.05) is 39.3 Å². The largest absolute Gasteiger partial charge is 0.343 e. The topological polar surface area (TPSA) is 61.7 Å². The number of aromatic nitrogens is 2. The molecule has 0 radical (unpaired) electrons. The van der Waals surface area contributed by atoms with Crippen LogP contribution in [0.15, 0.2) is 12.3 Å². The van der Waals surface area contributed by atoms with E-state index in [0.29, 0.717) is 13.1 Å². The second-order valence-electron chi connectivity index (χ2n) is 7.18. The van der Waals surface area contributed by atoms with Crippen LogP contribution in [-0.2, 0) is 23.2 Å². The summed E-state index contributed by atoms with van der Waals surface area (Å²) in [5.74, 6) is 0.483. The van der Waals surface area contributed by atoms with Crippen LogP contribution in [0.3, 0.4) is 0 Å². The second kappa shape index (κ2) is 7.99. The maximum absolute atomic E-state index is 12.9. The van der Waals surface area contributed by atoms with Crippen LogP contribution >= 0.6 is 0 Å². The minimum atomic E-state index is 0.0826. The molecule has 7 nitrogen and oxygen atoms in total. The third kappa shape index (κ3) is 4.39. The third-order valence-electron chi connectivity index (χ3n) is 5.50. The van der Waals surface area contributed by atoms with E-state index >= 15 is 0 Å². The molecule has 1 aromatic heterocycles. The van der Waals surface area contributed by atoms with Crippen molar-refractivity contribution in [2.45, 2.75) is 32.7 Å². The van der Waals surface area contributed by atoms with Crippen LogP contribution in [0.1, 0.15) is 31.9 Å². The van der Waals surface area contributed by atoms with E-state index in [-0.39, 0.29) is 17.7 Å². The van der Waals surface area contributed by atoms with Gasteiger partial charge in [0.05, 0.1) is 5.69 Å². The molecule has 0 atom stereocenters. The van der Waals surface area contributed by atoms with Crippen molar-refractivity contribution in [1.82, 2.24) is 24.5 Å². The molecule has 0 aromatic carbocycles. The van der Waals surface area contributed by atoms with Gasteiger partial charge in [-0.05, 0) is 25.3 Å². The molecule has 0 unspecified atom stereocenters. The van der Waals surface area contributed by atoms with Gasteiger partial charge in [-0.25, -0.2) is 0 Å². The van der Waals surface area contributed by atoms with Gasteiger partial charge in [0.1, 0.15) is 0 Å². The van der Waals surface area contributed by atoms with Gasteiger partial charge in [0.25, 0.3) is 0 Å². The van der Waals surface area contributed by atoms with E-state index in [0.717, 1.165) is 52.0 Å². The Morgan fingerprint density at radius 3 is 2.48 bits per heavy atom. The van der Waals surface area contributed by atoms with Crippen LogP contribution in [0.5, 0.6) is 0 Å². The first-order chi connectivity index (χ1) is 12.0. The zero-order chi connectivity index (χ0) is 17.8. The summed E-state index contributed by atoms with van der Waals surface area (Å²) in [7, 11) is 1.97. The number of nitrogens with zero attached hydrogens (tertiary/aromatic N) is 5. The summed E-state index contributed by atoms with van der Waals surface area (Å²) in [6.45, 7) is 7.47. The maximum Gasteiger partial charge on any atom is 0.225 e. The highest BCUT2D eigenvalue weighted by Gasteiger charge is 2.30. The van der Waals surface area contributed by atoms with Crippen molar-refractivity contribution in [3.8, 4) is 0 Å². The Morgan fingerprint density at radius 2 is 1.84 bits per heavy atom. The average Bonchev–Trinajstić information content (AvgIpc) is 2.87. The molecule has 2 aliphatic heterocycles. The molecule has 2 saturated heterocycles. The van der Waals surface area contributed by atoms with E-state index in [9.17, 15) is 9.59 Å². The molecule has 2 aliphatic rings. The fourth-order valence-electron chi connectivity index (χ4n) is 3.83. The first kappa shape index (κ1) is 17.9. The lowest BCUT2D eigenvalue weighted by Crippen LogP contribution is -2.44. The summed E-state index contributed by atoms with van der Waals surface area (Å²) in [5, 5.41) is 4.23. The first-order valence-corrected chi connectivity index (χ1v) is 9.28. The molecule has 2 fully saturated rings. The van der Waals surface area contributed by atoms with Gasteiger partial charge >= 0.3 is 0 Å². The fourth-order valence-corrected chi connectivity index (χ4v) is 3.83. The van der Waals surface area contributed by atoms with Crippen LogP contribution in [0, 0.1) is 5.92 Å². The van der Waals surface area contributed by atoms with Crippen LogP contribution in [0.2, 0.25) is 0 Å². The highest BCUT2D eigenvalue weighted by molar-refractivity contribution is 5.79. The van der Waals surface area contributed by atoms with E-state index in [4.69, 9.17) is 0 Å². The third-order valence-corrected chi connectivity index (χ3v) is 5.50. The molecule has 0 saturated carbocycles. The minimum absolute atomic E-state index is 0.0826. The van der Waals surface area contributed by atoms with Gasteiger partial charge in [0, 0.05) is 71.9 Å². The predicted octanol–water partition coefficient (Wildman–Crippen LogP) is 0.713. The number of carbonyl (C=O) groups is 2. The molecule has 138 valence electrons. The maximum atomic E-state index is 12.9. The van der Waals surface area contributed by atoms with Crippen molar-refractivity contribution in [1.29, 1.82) is 0 Å². The molecular formula is C18H29N5O2. The molecule has 7 heteroatoms. The Hall–Kier alpha value is -1.89. The predicted molar refractivity (Wildman–Crippen MR) is 94.7 cm³/mol. The number of piperidine rings is 1. The number of rotatable bonds is 3. The number of amides is 2. The lowest BCUT2D eigenvalue weighted by Gasteiger charge is -2.33. The van der Waals surface area contributed by atoms with Crippen molar-refractivity contribution < 1.29 is 9.59 Å². The standard InChI is InChI=1S/C18H29N5O2/c1-15(24)22-10-5-16(6-11-22)18(25)23-9-3-8-21(12-13-23)14-17-4-7-19-20(17)2/h4,7,16H,3,5-6,8-14H2,1-2H3. The summed E-state index contributed by atoms with van der Waals surface area (Å²) in [5.41, 5.74) is 1.20. The lowest BCUT2D eigenvalue weighted by atomic mass is 9.95. The summed E-state index contributed by atoms with van der Waals surface area (Å²) < 4.78 is 1.91. The lowest BCUT2D eigenvalue weighted by molar-refractivity contribution is -0.140. The zero-order valence-corrected chi connectivity index (χ0v) is 15.4. The van der Waals surface area contributed by atoms with Crippen molar-refractivity contribution in [3.63, 3.8) is 0 Å². The number of hydrogen-bond donors (Lipinski definition) is 0. The van der Waals surface area contributed by atoms with Crippen LogP contribution in [0.4, 0.5) is 0 Å². The molecular weight excluding hydrogens is 318 g/mol. The molecule has 0 N–H and O–H groups in total. The number of carbonyl (C=O) groups excluding carboxylic acids is 2. The van der Waals surface area contributed by atoms with Gasteiger partial charge in [0.2, 0.25) is 11.8 Å². The molecule has 0 bridgehead atoms. The van der Waals surface area contributed by atoms with E-state index in [1.165, 1.54) is 5.69 Å². The van der Waals surface area contributed by atoms with Gasteiger partial charge < -0.3 is 9.80 Å². The van der Waals surface area contributed by atoms with Gasteiger partial charge in [-0.3, -0.25) is 19.2 Å². The molecule has 3 heterocycles. The molecule has 3 rings (SSSR count). The molecule has 25 heavy (non-hydrogen) atoms. The van der Waals surface area contributed by atoms with Crippen LogP contribution in [-0.4, -0.2) is 75.6 Å². The van der Waals surface area contributed by atoms with Gasteiger partial charge in [-0.2, -0.15) is 5.10 Å². The van der Waals surface area contributed by atoms with Crippen LogP contribution < -0.4 is 0 Å². The van der Waals surface area contributed by atoms with Gasteiger partial charge in [0.15, 0.2) is 0 Å². The van der Waals surface area contributed by atoms with E-state index < -0.39 is 0 Å². The highest BCUT2D eigenvalue weighted by Crippen LogP contribution is 2.21. The SMILES string of the molecule is CC(=O)N1CCC(C(=O)N2CCCN(Cc3ccnn3C)CC2)CC1. The van der Waals surface area contributed by atoms with Crippen molar-refractivity contribution in [3.05, 3.63) is 18.0 Å². The number of hydrogen-bond acceptors (Lipinski definition) is 4. The van der Waals surface area contributed by atoms with E-state index in [1.807, 2.05) is 27.7 Å². The summed E-state index contributed by atoms with van der Waals surface area (Å²) in [6, 6.07) is 2.05. The summed E-state index contributed by atoms with van der Waals surface area (Å²) >= 11 is 0. The fraction of sp³-hybridized carbons (Fsp3) is 0.722. The molecule has 0 spiro atoms. The summed E-state index contributed by atoms with van der Waals surface area (Å²) in [6.07, 6.45) is 4.44. The average molecular weight is 347 g/mol. The Bertz CT molecular complexity index is 606. The number of aryl methyl sites for hydroxylation is 1. The Kier molecular flexibility index (Phi) is 5.73. The summed E-state index contributed by atoms with van der Waals surface area (Å²) in [4.78, 5) is 30.6. The molecule has 1 aromatic rings. The Labute approximate surface area is 149 Å². The normalized spacial score (nSPS) is 20.6. The second-order valence-corrected chi connectivity index (χ2v) is 7.18. The number of likely N-dealkylation sites (tertiary alicyclic amines) is 1. The Balaban J connectivity index is 1.50. The zero-order valence-electron chi connectivity index (χ0n) is 15.4. The quantitative estimate of drug-likeness (QED) is 0.808. The smallest absolute Gasteiger partial charge is 0.225 e. The van der Waals surface area contributed by atoms with Crippen LogP contribution in [0.25, 0.3) is 0 Å². The monoisotopic (exact) mass is 347 g/mol. The highest BCUT2D eigenvalue weighted by atomic mass is 16.2. The van der Waals surface area contributed by atoms with E-state index in [1.54, 1.807) is 6.92 Å². The van der Waals surface area contributed by atoms with E-state index in [2.05, 4.69) is 16.1 Å². The molecule has 0 aliphatic carbocycles. The minimum Gasteiger partial charge on any atom is -0.343 e.